The second-order valence-corrected chi connectivity index (χ2v) is 5.40. The summed E-state index contributed by atoms with van der Waals surface area (Å²) >= 11 is 0. The van der Waals surface area contributed by atoms with Crippen LogP contribution in [-0.4, -0.2) is 25.4 Å². The van der Waals surface area contributed by atoms with E-state index in [2.05, 4.69) is 19.2 Å². The number of hydrogen-bond acceptors (Lipinski definition) is 3. The average Bonchev–Trinajstić information content (AvgIpc) is 2.84. The minimum atomic E-state index is -0.299. The number of halogens is 1. The number of benzene rings is 1. The van der Waals surface area contributed by atoms with E-state index in [0.29, 0.717) is 25.0 Å². The van der Waals surface area contributed by atoms with Crippen LogP contribution in [0.2, 0.25) is 0 Å². The van der Waals surface area contributed by atoms with Crippen molar-refractivity contribution in [1.29, 1.82) is 0 Å². The topological polar surface area (TPSA) is 30.5 Å². The third-order valence-electron chi connectivity index (χ3n) is 3.50. The molecule has 1 aromatic carbocycles. The van der Waals surface area contributed by atoms with Gasteiger partial charge in [-0.25, -0.2) is 4.39 Å². The van der Waals surface area contributed by atoms with Crippen molar-refractivity contribution in [3.8, 4) is 5.75 Å². The van der Waals surface area contributed by atoms with Crippen LogP contribution in [0.25, 0.3) is 0 Å². The standard InChI is InChI=1S/C16H24FNO2/c1-3-8-18-10-13-5-7-16(15(17)9-13)19-11-14-6-4-12(2)20-14/h5,7,9,12,14,18H,3-4,6,8,10-11H2,1-2H3. The van der Waals surface area contributed by atoms with Crippen LogP contribution in [0.15, 0.2) is 18.2 Å². The minimum absolute atomic E-state index is 0.0929. The fraction of sp³-hybridized carbons (Fsp3) is 0.625. The lowest BCUT2D eigenvalue weighted by molar-refractivity contribution is 0.0256. The fourth-order valence-corrected chi connectivity index (χ4v) is 2.37. The van der Waals surface area contributed by atoms with Crippen molar-refractivity contribution < 1.29 is 13.9 Å². The second-order valence-electron chi connectivity index (χ2n) is 5.40. The molecule has 1 heterocycles. The summed E-state index contributed by atoms with van der Waals surface area (Å²) in [6, 6.07) is 5.14. The van der Waals surface area contributed by atoms with Crippen molar-refractivity contribution in [1.82, 2.24) is 5.32 Å². The van der Waals surface area contributed by atoms with Crippen molar-refractivity contribution in [2.24, 2.45) is 0 Å². The smallest absolute Gasteiger partial charge is 0.165 e. The Labute approximate surface area is 120 Å². The summed E-state index contributed by atoms with van der Waals surface area (Å²) in [7, 11) is 0. The third kappa shape index (κ3) is 4.46. The van der Waals surface area contributed by atoms with Crippen LogP contribution in [0.5, 0.6) is 5.75 Å². The van der Waals surface area contributed by atoms with Crippen LogP contribution in [0.4, 0.5) is 4.39 Å². The molecule has 2 atom stereocenters. The van der Waals surface area contributed by atoms with Crippen LogP contribution in [0.1, 0.15) is 38.7 Å². The first-order valence-electron chi connectivity index (χ1n) is 7.46. The van der Waals surface area contributed by atoms with E-state index in [1.807, 2.05) is 6.07 Å². The molecule has 2 rings (SSSR count). The Hall–Kier alpha value is -1.13. The number of nitrogens with one attached hydrogen (secondary N) is 1. The zero-order valence-electron chi connectivity index (χ0n) is 12.3. The molecule has 2 unspecified atom stereocenters. The van der Waals surface area contributed by atoms with Gasteiger partial charge in [0, 0.05) is 6.54 Å². The van der Waals surface area contributed by atoms with Gasteiger partial charge in [-0.1, -0.05) is 13.0 Å². The average molecular weight is 281 g/mol. The van der Waals surface area contributed by atoms with Crippen molar-refractivity contribution in [2.75, 3.05) is 13.2 Å². The first-order chi connectivity index (χ1) is 9.69. The molecule has 1 aliphatic heterocycles. The van der Waals surface area contributed by atoms with Gasteiger partial charge in [0.1, 0.15) is 6.61 Å². The zero-order valence-corrected chi connectivity index (χ0v) is 12.3. The summed E-state index contributed by atoms with van der Waals surface area (Å²) in [6.45, 7) is 6.22. The molecule has 0 bridgehead atoms. The molecule has 0 amide bonds. The molecule has 1 N–H and O–H groups in total. The maximum atomic E-state index is 13.9. The molecule has 112 valence electrons. The largest absolute Gasteiger partial charge is 0.488 e. The summed E-state index contributed by atoms with van der Waals surface area (Å²) in [5.41, 5.74) is 0.939. The molecule has 1 fully saturated rings. The highest BCUT2D eigenvalue weighted by Gasteiger charge is 2.22. The van der Waals surface area contributed by atoms with E-state index in [9.17, 15) is 4.39 Å². The highest BCUT2D eigenvalue weighted by molar-refractivity contribution is 5.29. The van der Waals surface area contributed by atoms with E-state index in [1.165, 1.54) is 6.07 Å². The van der Waals surface area contributed by atoms with Gasteiger partial charge in [-0.3, -0.25) is 0 Å². The monoisotopic (exact) mass is 281 g/mol. The number of ether oxygens (including phenoxy) is 2. The van der Waals surface area contributed by atoms with Gasteiger partial charge in [0.05, 0.1) is 12.2 Å². The van der Waals surface area contributed by atoms with E-state index >= 15 is 0 Å². The molecular weight excluding hydrogens is 257 g/mol. The van der Waals surface area contributed by atoms with E-state index in [0.717, 1.165) is 31.4 Å². The molecule has 0 radical (unpaired) electrons. The van der Waals surface area contributed by atoms with Gasteiger partial charge in [-0.2, -0.15) is 0 Å². The highest BCUT2D eigenvalue weighted by Crippen LogP contribution is 2.22. The van der Waals surface area contributed by atoms with E-state index < -0.39 is 0 Å². The lowest BCUT2D eigenvalue weighted by Gasteiger charge is -2.13. The summed E-state index contributed by atoms with van der Waals surface area (Å²) in [5, 5.41) is 3.25. The van der Waals surface area contributed by atoms with Gasteiger partial charge < -0.3 is 14.8 Å². The van der Waals surface area contributed by atoms with E-state index in [4.69, 9.17) is 9.47 Å². The molecule has 1 saturated heterocycles. The van der Waals surface area contributed by atoms with Gasteiger partial charge in [0.25, 0.3) is 0 Å². The first-order valence-corrected chi connectivity index (χ1v) is 7.46. The molecule has 1 aromatic rings. The van der Waals surface area contributed by atoms with Gasteiger partial charge in [0.2, 0.25) is 0 Å². The Kier molecular flexibility index (Phi) is 5.80. The van der Waals surface area contributed by atoms with E-state index in [-0.39, 0.29) is 11.9 Å². The normalized spacial score (nSPS) is 22.1. The Morgan fingerprint density at radius 1 is 1.40 bits per heavy atom. The summed E-state index contributed by atoms with van der Waals surface area (Å²) in [6.07, 6.45) is 3.50. The molecule has 3 nitrogen and oxygen atoms in total. The zero-order chi connectivity index (χ0) is 14.4. The summed E-state index contributed by atoms with van der Waals surface area (Å²) in [5.74, 6) is 0.0132. The predicted octanol–water partition coefficient (Wildman–Crippen LogP) is 3.27. The van der Waals surface area contributed by atoms with Crippen LogP contribution < -0.4 is 10.1 Å². The molecule has 0 saturated carbocycles. The van der Waals surface area contributed by atoms with Gasteiger partial charge in [0.15, 0.2) is 11.6 Å². The Morgan fingerprint density at radius 2 is 2.25 bits per heavy atom. The highest BCUT2D eigenvalue weighted by atomic mass is 19.1. The third-order valence-corrected chi connectivity index (χ3v) is 3.50. The molecular formula is C16H24FNO2. The van der Waals surface area contributed by atoms with Crippen LogP contribution >= 0.6 is 0 Å². The molecule has 20 heavy (non-hydrogen) atoms. The van der Waals surface area contributed by atoms with Crippen molar-refractivity contribution in [3.63, 3.8) is 0 Å². The predicted molar refractivity (Wildman–Crippen MR) is 77.5 cm³/mol. The SMILES string of the molecule is CCCNCc1ccc(OCC2CCC(C)O2)c(F)c1. The van der Waals surface area contributed by atoms with Crippen molar-refractivity contribution in [2.45, 2.75) is 51.9 Å². The quantitative estimate of drug-likeness (QED) is 0.778. The number of hydrogen-bond donors (Lipinski definition) is 1. The minimum Gasteiger partial charge on any atom is -0.488 e. The Bertz CT molecular complexity index is 425. The molecule has 1 aliphatic rings. The molecule has 0 aromatic heterocycles. The fourth-order valence-electron chi connectivity index (χ4n) is 2.37. The first kappa shape index (κ1) is 15.3. The van der Waals surface area contributed by atoms with Gasteiger partial charge in [-0.15, -0.1) is 0 Å². The van der Waals surface area contributed by atoms with Gasteiger partial charge in [-0.05, 0) is 50.4 Å². The lowest BCUT2D eigenvalue weighted by atomic mass is 10.2. The second kappa shape index (κ2) is 7.60. The number of rotatable bonds is 7. The van der Waals surface area contributed by atoms with E-state index in [1.54, 1.807) is 6.07 Å². The summed E-state index contributed by atoms with van der Waals surface area (Å²) in [4.78, 5) is 0. The molecule has 0 spiro atoms. The van der Waals surface area contributed by atoms with Crippen molar-refractivity contribution in [3.05, 3.63) is 29.6 Å². The molecule has 4 heteroatoms. The van der Waals surface area contributed by atoms with Crippen LogP contribution in [-0.2, 0) is 11.3 Å². The lowest BCUT2D eigenvalue weighted by Crippen LogP contribution is -2.18. The maximum absolute atomic E-state index is 13.9. The molecule has 0 aliphatic carbocycles. The van der Waals surface area contributed by atoms with Crippen molar-refractivity contribution >= 4 is 0 Å². The van der Waals surface area contributed by atoms with Gasteiger partial charge >= 0.3 is 0 Å². The van der Waals surface area contributed by atoms with Crippen LogP contribution in [0.3, 0.4) is 0 Å². The Morgan fingerprint density at radius 3 is 2.90 bits per heavy atom. The Balaban J connectivity index is 1.82. The maximum Gasteiger partial charge on any atom is 0.165 e. The summed E-state index contributed by atoms with van der Waals surface area (Å²) < 4.78 is 25.1. The van der Waals surface area contributed by atoms with Crippen LogP contribution in [0, 0.1) is 5.82 Å².